The Labute approximate surface area is 192 Å². The van der Waals surface area contributed by atoms with Gasteiger partial charge in [-0.05, 0) is 23.8 Å². The molecule has 1 amide bonds. The first kappa shape index (κ1) is 23.3. The van der Waals surface area contributed by atoms with E-state index in [1.807, 2.05) is 0 Å². The van der Waals surface area contributed by atoms with E-state index in [1.165, 1.54) is 36.3 Å². The average molecular weight is 493 g/mol. The van der Waals surface area contributed by atoms with Gasteiger partial charge in [0.15, 0.2) is 5.13 Å². The van der Waals surface area contributed by atoms with Crippen LogP contribution in [0.2, 0.25) is 0 Å². The quantitative estimate of drug-likeness (QED) is 0.441. The SMILES string of the molecule is Cn1c(=O)c2c(CC(=O)Nc3nc(-c4cccc(C(F)(F)F)c4F)cs3)ccnc2n(C)c1=O. The number of anilines is 1. The Hall–Kier alpha value is -3.87. The highest BCUT2D eigenvalue weighted by atomic mass is 32.1. The molecule has 0 spiro atoms. The number of alkyl halides is 3. The van der Waals surface area contributed by atoms with Gasteiger partial charge in [0.2, 0.25) is 5.91 Å². The Balaban J connectivity index is 1.61. The summed E-state index contributed by atoms with van der Waals surface area (Å²) in [5.41, 5.74) is -2.56. The number of nitrogens with zero attached hydrogens (tertiary/aromatic N) is 4. The number of carbonyl (C=O) groups is 1. The molecule has 0 atom stereocenters. The number of fused-ring (bicyclic) bond motifs is 1. The summed E-state index contributed by atoms with van der Waals surface area (Å²) in [6, 6.07) is 4.34. The summed E-state index contributed by atoms with van der Waals surface area (Å²) in [7, 11) is 2.76. The molecule has 3 heterocycles. The van der Waals surface area contributed by atoms with E-state index in [0.29, 0.717) is 11.6 Å². The van der Waals surface area contributed by atoms with Crippen molar-refractivity contribution in [1.82, 2.24) is 19.1 Å². The number of nitrogens with one attached hydrogen (secondary N) is 1. The molecule has 1 aromatic carbocycles. The van der Waals surface area contributed by atoms with Crippen LogP contribution in [0, 0.1) is 5.82 Å². The van der Waals surface area contributed by atoms with Crippen LogP contribution in [0.5, 0.6) is 0 Å². The Bertz CT molecular complexity index is 1560. The molecule has 0 aliphatic heterocycles. The van der Waals surface area contributed by atoms with Crippen LogP contribution < -0.4 is 16.6 Å². The van der Waals surface area contributed by atoms with Crippen molar-refractivity contribution in [2.45, 2.75) is 12.6 Å². The lowest BCUT2D eigenvalue weighted by Crippen LogP contribution is -2.37. The second-order valence-corrected chi connectivity index (χ2v) is 8.16. The van der Waals surface area contributed by atoms with Crippen molar-refractivity contribution in [3.05, 3.63) is 73.6 Å². The molecule has 0 saturated heterocycles. The normalized spacial score (nSPS) is 11.7. The zero-order valence-corrected chi connectivity index (χ0v) is 18.4. The van der Waals surface area contributed by atoms with Gasteiger partial charge >= 0.3 is 11.9 Å². The standard InChI is InChI=1S/C21H15F4N5O3S/c1-29-17-15(18(32)30(2)20(29)33)10(6-7-26-17)8-14(31)28-19-27-13(9-34-19)11-4-3-5-12(16(11)22)21(23,24)25/h3-7,9H,8H2,1-2H3,(H,27,28,31). The molecule has 4 rings (SSSR count). The molecule has 3 aromatic heterocycles. The minimum atomic E-state index is -4.86. The van der Waals surface area contributed by atoms with Gasteiger partial charge in [-0.2, -0.15) is 13.2 Å². The summed E-state index contributed by atoms with van der Waals surface area (Å²) in [5.74, 6) is -2.03. The van der Waals surface area contributed by atoms with Gasteiger partial charge in [0.25, 0.3) is 5.56 Å². The van der Waals surface area contributed by atoms with E-state index in [9.17, 15) is 31.9 Å². The van der Waals surface area contributed by atoms with Gasteiger partial charge in [-0.3, -0.25) is 18.7 Å². The van der Waals surface area contributed by atoms with E-state index in [0.717, 1.165) is 28.0 Å². The number of rotatable bonds is 4. The second kappa shape index (κ2) is 8.48. The number of aromatic nitrogens is 4. The number of thiazole rings is 1. The van der Waals surface area contributed by atoms with Gasteiger partial charge in [0, 0.05) is 31.2 Å². The van der Waals surface area contributed by atoms with Crippen molar-refractivity contribution in [2.24, 2.45) is 14.1 Å². The molecule has 0 radical (unpaired) electrons. The molecular weight excluding hydrogens is 478 g/mol. The Morgan fingerprint density at radius 1 is 1.15 bits per heavy atom. The summed E-state index contributed by atoms with van der Waals surface area (Å²) in [6.07, 6.45) is -3.76. The molecule has 0 fully saturated rings. The van der Waals surface area contributed by atoms with Gasteiger partial charge in [-0.15, -0.1) is 11.3 Å². The fourth-order valence-electron chi connectivity index (χ4n) is 3.43. The largest absolute Gasteiger partial charge is 0.419 e. The molecular formula is C21H15F4N5O3S. The molecule has 8 nitrogen and oxygen atoms in total. The van der Waals surface area contributed by atoms with Crippen molar-refractivity contribution >= 4 is 33.4 Å². The predicted octanol–water partition coefficient (Wildman–Crippen LogP) is 3.09. The van der Waals surface area contributed by atoms with Gasteiger partial charge < -0.3 is 5.32 Å². The summed E-state index contributed by atoms with van der Waals surface area (Å²) in [5, 5.41) is 3.96. The molecule has 0 bridgehead atoms. The molecule has 0 saturated carbocycles. The van der Waals surface area contributed by atoms with Crippen LogP contribution in [0.25, 0.3) is 22.3 Å². The van der Waals surface area contributed by atoms with E-state index in [1.54, 1.807) is 0 Å². The monoisotopic (exact) mass is 493 g/mol. The fraction of sp³-hybridized carbons (Fsp3) is 0.190. The van der Waals surface area contributed by atoms with E-state index < -0.39 is 34.7 Å². The first-order chi connectivity index (χ1) is 16.0. The first-order valence-corrected chi connectivity index (χ1v) is 10.5. The smallest absolute Gasteiger partial charge is 0.302 e. The summed E-state index contributed by atoms with van der Waals surface area (Å²) in [4.78, 5) is 45.4. The minimum Gasteiger partial charge on any atom is -0.302 e. The maximum absolute atomic E-state index is 14.4. The topological polar surface area (TPSA) is 98.9 Å². The zero-order valence-electron chi connectivity index (χ0n) is 17.6. The van der Waals surface area contributed by atoms with Crippen molar-refractivity contribution < 1.29 is 22.4 Å². The van der Waals surface area contributed by atoms with E-state index >= 15 is 0 Å². The van der Waals surface area contributed by atoms with Crippen LogP contribution in [0.3, 0.4) is 0 Å². The summed E-state index contributed by atoms with van der Waals surface area (Å²) in [6.45, 7) is 0. The molecule has 13 heteroatoms. The highest BCUT2D eigenvalue weighted by Crippen LogP contribution is 2.36. The van der Waals surface area contributed by atoms with Gasteiger partial charge in [0.1, 0.15) is 11.5 Å². The number of benzene rings is 1. The molecule has 34 heavy (non-hydrogen) atoms. The molecule has 0 unspecified atom stereocenters. The third kappa shape index (κ3) is 4.09. The van der Waals surface area contributed by atoms with Crippen molar-refractivity contribution in [3.63, 3.8) is 0 Å². The van der Waals surface area contributed by atoms with Crippen LogP contribution in [-0.4, -0.2) is 25.0 Å². The van der Waals surface area contributed by atoms with Crippen LogP contribution in [-0.2, 0) is 31.5 Å². The Morgan fingerprint density at radius 3 is 2.59 bits per heavy atom. The number of aryl methyl sites for hydroxylation is 1. The highest BCUT2D eigenvalue weighted by Gasteiger charge is 2.35. The molecule has 176 valence electrons. The molecule has 4 aromatic rings. The number of carbonyl (C=O) groups excluding carboxylic acids is 1. The molecule has 0 aliphatic carbocycles. The zero-order chi connectivity index (χ0) is 24.8. The lowest BCUT2D eigenvalue weighted by molar-refractivity contribution is -0.139. The molecule has 1 N–H and O–H groups in total. The van der Waals surface area contributed by atoms with Gasteiger partial charge in [-0.25, -0.2) is 19.2 Å². The van der Waals surface area contributed by atoms with Crippen LogP contribution in [0.4, 0.5) is 22.7 Å². The van der Waals surface area contributed by atoms with Gasteiger partial charge in [0.05, 0.1) is 23.1 Å². The van der Waals surface area contributed by atoms with Crippen molar-refractivity contribution in [2.75, 3.05) is 5.32 Å². The number of hydrogen-bond acceptors (Lipinski definition) is 6. The fourth-order valence-corrected chi connectivity index (χ4v) is 4.16. The first-order valence-electron chi connectivity index (χ1n) is 9.64. The van der Waals surface area contributed by atoms with E-state index in [-0.39, 0.29) is 33.8 Å². The number of halogens is 4. The predicted molar refractivity (Wildman–Crippen MR) is 117 cm³/mol. The Kier molecular flexibility index (Phi) is 5.81. The third-order valence-corrected chi connectivity index (χ3v) is 5.87. The number of hydrogen-bond donors (Lipinski definition) is 1. The van der Waals surface area contributed by atoms with Crippen molar-refractivity contribution in [3.8, 4) is 11.3 Å². The number of amides is 1. The number of pyridine rings is 1. The van der Waals surface area contributed by atoms with Crippen LogP contribution in [0.1, 0.15) is 11.1 Å². The summed E-state index contributed by atoms with van der Waals surface area (Å²) < 4.78 is 55.4. The maximum Gasteiger partial charge on any atom is 0.419 e. The van der Waals surface area contributed by atoms with Crippen LogP contribution >= 0.6 is 11.3 Å². The third-order valence-electron chi connectivity index (χ3n) is 5.11. The lowest BCUT2D eigenvalue weighted by Gasteiger charge is -2.10. The Morgan fingerprint density at radius 2 is 1.88 bits per heavy atom. The van der Waals surface area contributed by atoms with E-state index in [4.69, 9.17) is 0 Å². The molecule has 0 aliphatic rings. The van der Waals surface area contributed by atoms with Crippen LogP contribution in [0.15, 0.2) is 45.4 Å². The summed E-state index contributed by atoms with van der Waals surface area (Å²) >= 11 is 0.904. The van der Waals surface area contributed by atoms with E-state index in [2.05, 4.69) is 15.3 Å². The maximum atomic E-state index is 14.4. The van der Waals surface area contributed by atoms with Crippen molar-refractivity contribution in [1.29, 1.82) is 0 Å². The van der Waals surface area contributed by atoms with Gasteiger partial charge in [-0.1, -0.05) is 6.07 Å². The lowest BCUT2D eigenvalue weighted by atomic mass is 10.1. The highest BCUT2D eigenvalue weighted by molar-refractivity contribution is 7.14. The minimum absolute atomic E-state index is 0.0375. The second-order valence-electron chi connectivity index (χ2n) is 7.30. The average Bonchev–Trinajstić information content (AvgIpc) is 3.23.